The summed E-state index contributed by atoms with van der Waals surface area (Å²) in [5, 5.41) is 0. The highest BCUT2D eigenvalue weighted by molar-refractivity contribution is 5.93. The predicted molar refractivity (Wildman–Crippen MR) is 59.9 cm³/mol. The van der Waals surface area contributed by atoms with E-state index in [9.17, 15) is 4.79 Å². The van der Waals surface area contributed by atoms with Gasteiger partial charge in [0, 0.05) is 11.1 Å². The Morgan fingerprint density at radius 3 is 2.33 bits per heavy atom. The van der Waals surface area contributed by atoms with E-state index in [-0.39, 0.29) is 11.4 Å². The minimum atomic E-state index is -0.349. The Hall–Kier alpha value is -1.39. The maximum Gasteiger partial charge on any atom is 0.265 e. The largest absolute Gasteiger partial charge is 0.322 e. The van der Waals surface area contributed by atoms with Gasteiger partial charge in [-0.3, -0.25) is 10.2 Å². The summed E-state index contributed by atoms with van der Waals surface area (Å²) in [5.74, 6) is 4.74. The van der Waals surface area contributed by atoms with Crippen LogP contribution in [0.25, 0.3) is 0 Å². The van der Waals surface area contributed by atoms with Gasteiger partial charge in [0.2, 0.25) is 0 Å². The van der Waals surface area contributed by atoms with Crippen LogP contribution in [0, 0.1) is 0 Å². The van der Waals surface area contributed by atoms with Gasteiger partial charge >= 0.3 is 0 Å². The van der Waals surface area contributed by atoms with E-state index >= 15 is 0 Å². The second-order valence-corrected chi connectivity index (χ2v) is 3.82. The number of rotatable bonds is 3. The van der Waals surface area contributed by atoms with E-state index < -0.39 is 0 Å². The maximum atomic E-state index is 11.2. The van der Waals surface area contributed by atoms with Crippen LogP contribution in [0.4, 0.5) is 0 Å². The molecule has 1 atom stereocenters. The third-order valence-electron chi connectivity index (χ3n) is 2.67. The van der Waals surface area contributed by atoms with E-state index in [1.165, 1.54) is 0 Å². The van der Waals surface area contributed by atoms with Gasteiger partial charge in [-0.05, 0) is 31.0 Å². The highest BCUT2D eigenvalue weighted by atomic mass is 16.2. The molecule has 1 rings (SSSR count). The first kappa shape index (κ1) is 11.7. The van der Waals surface area contributed by atoms with Crippen LogP contribution in [-0.4, -0.2) is 5.91 Å². The summed E-state index contributed by atoms with van der Waals surface area (Å²) in [6.07, 6.45) is 0.843. The van der Waals surface area contributed by atoms with Crippen molar-refractivity contribution in [3.05, 3.63) is 35.4 Å². The van der Waals surface area contributed by atoms with Gasteiger partial charge in [-0.2, -0.15) is 0 Å². The van der Waals surface area contributed by atoms with Crippen LogP contribution in [0.1, 0.15) is 36.2 Å². The molecular weight excluding hydrogens is 190 g/mol. The molecule has 0 bridgehead atoms. The zero-order valence-electron chi connectivity index (χ0n) is 9.08. The molecule has 1 aromatic carbocycles. The van der Waals surface area contributed by atoms with E-state index in [1.54, 1.807) is 12.1 Å². The van der Waals surface area contributed by atoms with Gasteiger partial charge in [0.1, 0.15) is 0 Å². The zero-order chi connectivity index (χ0) is 11.5. The highest BCUT2D eigenvalue weighted by Gasteiger charge is 2.18. The number of nitrogen functional groups attached to an aromatic ring is 1. The Balaban J connectivity index is 2.95. The second-order valence-electron chi connectivity index (χ2n) is 3.82. The molecular formula is C11H17N3O. The molecule has 82 valence electrons. The Morgan fingerprint density at radius 1 is 1.40 bits per heavy atom. The average Bonchev–Trinajstić information content (AvgIpc) is 2.28. The summed E-state index contributed by atoms with van der Waals surface area (Å²) in [5.41, 5.74) is 9.35. The number of hydrazine groups is 1. The lowest BCUT2D eigenvalue weighted by Crippen LogP contribution is -2.32. The minimum absolute atomic E-state index is 0.295. The third-order valence-corrected chi connectivity index (χ3v) is 2.67. The average molecular weight is 207 g/mol. The number of carbonyl (C=O) groups excluding carboxylic acids is 1. The third kappa shape index (κ3) is 2.55. The molecule has 0 aliphatic carbocycles. The van der Waals surface area contributed by atoms with Crippen molar-refractivity contribution in [1.82, 2.24) is 5.43 Å². The smallest absolute Gasteiger partial charge is 0.265 e. The summed E-state index contributed by atoms with van der Waals surface area (Å²) >= 11 is 0. The number of hydrogen-bond donors (Lipinski definition) is 3. The number of nitrogens with one attached hydrogen (secondary N) is 1. The molecule has 1 unspecified atom stereocenters. The van der Waals surface area contributed by atoms with Crippen molar-refractivity contribution in [1.29, 1.82) is 0 Å². The van der Waals surface area contributed by atoms with Crippen LogP contribution in [0.2, 0.25) is 0 Å². The van der Waals surface area contributed by atoms with Gasteiger partial charge in [0.25, 0.3) is 5.91 Å². The number of benzene rings is 1. The summed E-state index contributed by atoms with van der Waals surface area (Å²) in [6.45, 7) is 3.99. The van der Waals surface area contributed by atoms with Gasteiger partial charge in [-0.25, -0.2) is 5.84 Å². The van der Waals surface area contributed by atoms with Crippen LogP contribution in [0.5, 0.6) is 0 Å². The molecule has 0 spiro atoms. The molecule has 0 aromatic heterocycles. The van der Waals surface area contributed by atoms with Gasteiger partial charge in [-0.15, -0.1) is 0 Å². The topological polar surface area (TPSA) is 81.1 Å². The predicted octanol–water partition coefficient (Wildman–Crippen LogP) is 0.874. The van der Waals surface area contributed by atoms with E-state index in [0.717, 1.165) is 12.0 Å². The fraction of sp³-hybridized carbons (Fsp3) is 0.364. The van der Waals surface area contributed by atoms with Crippen molar-refractivity contribution in [3.63, 3.8) is 0 Å². The molecule has 0 aliphatic rings. The van der Waals surface area contributed by atoms with Crippen molar-refractivity contribution in [2.45, 2.75) is 25.8 Å². The summed E-state index contributed by atoms with van der Waals surface area (Å²) in [7, 11) is 0. The molecule has 0 saturated carbocycles. The second kappa shape index (κ2) is 4.42. The Bertz CT molecular complexity index is 343. The van der Waals surface area contributed by atoms with Gasteiger partial charge < -0.3 is 5.73 Å². The molecule has 0 aliphatic heterocycles. The van der Waals surface area contributed by atoms with Crippen molar-refractivity contribution in [2.24, 2.45) is 11.6 Å². The Morgan fingerprint density at radius 2 is 1.93 bits per heavy atom. The number of nitrogens with two attached hydrogens (primary N) is 2. The first-order chi connectivity index (χ1) is 7.01. The molecule has 0 radical (unpaired) electrons. The van der Waals surface area contributed by atoms with E-state index in [4.69, 9.17) is 11.6 Å². The molecule has 0 fully saturated rings. The molecule has 0 saturated heterocycles. The van der Waals surface area contributed by atoms with Crippen molar-refractivity contribution in [2.75, 3.05) is 0 Å². The van der Waals surface area contributed by atoms with Gasteiger partial charge in [0.05, 0.1) is 0 Å². The molecule has 4 nitrogen and oxygen atoms in total. The van der Waals surface area contributed by atoms with Crippen molar-refractivity contribution >= 4 is 5.91 Å². The van der Waals surface area contributed by atoms with E-state index in [2.05, 4.69) is 5.43 Å². The zero-order valence-corrected chi connectivity index (χ0v) is 9.08. The standard InChI is InChI=1S/C11H17N3O/c1-3-11(2,12)9-6-4-8(5-7-9)10(15)14-13/h4-7H,3,12-13H2,1-2H3,(H,14,15). The molecule has 5 N–H and O–H groups in total. The van der Waals surface area contributed by atoms with Crippen LogP contribution in [0.15, 0.2) is 24.3 Å². The van der Waals surface area contributed by atoms with Crippen LogP contribution in [0.3, 0.4) is 0 Å². The molecule has 1 amide bonds. The van der Waals surface area contributed by atoms with E-state index in [1.807, 2.05) is 26.0 Å². The number of hydrogen-bond acceptors (Lipinski definition) is 3. The van der Waals surface area contributed by atoms with Gasteiger partial charge in [-0.1, -0.05) is 19.1 Å². The fourth-order valence-corrected chi connectivity index (χ4v) is 1.29. The maximum absolute atomic E-state index is 11.2. The summed E-state index contributed by atoms with van der Waals surface area (Å²) in [6, 6.07) is 7.15. The van der Waals surface area contributed by atoms with Crippen LogP contribution < -0.4 is 17.0 Å². The first-order valence-electron chi connectivity index (χ1n) is 4.91. The van der Waals surface area contributed by atoms with Crippen molar-refractivity contribution < 1.29 is 4.79 Å². The normalized spacial score (nSPS) is 14.4. The quantitative estimate of drug-likeness (QED) is 0.391. The minimum Gasteiger partial charge on any atom is -0.322 e. The van der Waals surface area contributed by atoms with E-state index in [0.29, 0.717) is 5.56 Å². The first-order valence-corrected chi connectivity index (χ1v) is 4.91. The molecule has 1 aromatic rings. The highest BCUT2D eigenvalue weighted by Crippen LogP contribution is 2.21. The lowest BCUT2D eigenvalue weighted by molar-refractivity contribution is 0.0953. The molecule has 0 heterocycles. The summed E-state index contributed by atoms with van der Waals surface area (Å²) in [4.78, 5) is 11.2. The Labute approximate surface area is 89.6 Å². The Kier molecular flexibility index (Phi) is 3.44. The lowest BCUT2D eigenvalue weighted by atomic mass is 9.90. The number of carbonyl (C=O) groups is 1. The number of amides is 1. The molecule has 15 heavy (non-hydrogen) atoms. The lowest BCUT2D eigenvalue weighted by Gasteiger charge is -2.23. The molecule has 4 heteroatoms. The van der Waals surface area contributed by atoms with Crippen LogP contribution in [-0.2, 0) is 5.54 Å². The SMILES string of the molecule is CCC(C)(N)c1ccc(C(=O)NN)cc1. The van der Waals surface area contributed by atoms with Crippen molar-refractivity contribution in [3.8, 4) is 0 Å². The monoisotopic (exact) mass is 207 g/mol. The fourth-order valence-electron chi connectivity index (χ4n) is 1.29. The van der Waals surface area contributed by atoms with Crippen LogP contribution >= 0.6 is 0 Å². The summed E-state index contributed by atoms with van der Waals surface area (Å²) < 4.78 is 0. The van der Waals surface area contributed by atoms with Gasteiger partial charge in [0.15, 0.2) is 0 Å².